The van der Waals surface area contributed by atoms with Crippen molar-refractivity contribution in [1.29, 1.82) is 0 Å². The van der Waals surface area contributed by atoms with E-state index in [1.54, 1.807) is 24.5 Å². The summed E-state index contributed by atoms with van der Waals surface area (Å²) in [5, 5.41) is 10.0. The Kier molecular flexibility index (Phi) is 4.87. The van der Waals surface area contributed by atoms with Gasteiger partial charge in [0.15, 0.2) is 5.82 Å². The maximum atomic E-state index is 6.03. The third-order valence-electron chi connectivity index (χ3n) is 3.93. The number of pyridine rings is 1. The summed E-state index contributed by atoms with van der Waals surface area (Å²) >= 11 is 7.34. The first-order chi connectivity index (χ1) is 13.1. The van der Waals surface area contributed by atoms with Crippen LogP contribution in [0.3, 0.4) is 0 Å². The molecule has 0 saturated heterocycles. The fraction of sp³-hybridized carbons (Fsp3) is 0.105. The standard InChI is InChI=1S/C19H14ClN5OS/c1-11-12(2)22-16(14-6-4-8-21-10-14)23-18(11)27-19-25-24-17(26-19)13-5-3-7-15(20)9-13/h3-10H,1-2H3. The van der Waals surface area contributed by atoms with Crippen LogP contribution in [-0.2, 0) is 0 Å². The van der Waals surface area contributed by atoms with Crippen LogP contribution in [0.5, 0.6) is 0 Å². The van der Waals surface area contributed by atoms with Crippen molar-refractivity contribution in [2.75, 3.05) is 0 Å². The second-order valence-corrected chi connectivity index (χ2v) is 7.17. The van der Waals surface area contributed by atoms with Gasteiger partial charge in [0.05, 0.1) is 0 Å². The van der Waals surface area contributed by atoms with Crippen LogP contribution in [0.15, 0.2) is 63.5 Å². The van der Waals surface area contributed by atoms with Crippen molar-refractivity contribution in [3.8, 4) is 22.8 Å². The second kappa shape index (κ2) is 7.46. The van der Waals surface area contributed by atoms with Gasteiger partial charge in [-0.2, -0.15) is 0 Å². The Balaban J connectivity index is 1.66. The second-order valence-electron chi connectivity index (χ2n) is 5.79. The molecule has 27 heavy (non-hydrogen) atoms. The molecule has 4 rings (SSSR count). The van der Waals surface area contributed by atoms with E-state index in [2.05, 4.69) is 25.1 Å². The predicted octanol–water partition coefficient (Wildman–Crippen LogP) is 5.01. The highest BCUT2D eigenvalue weighted by atomic mass is 35.5. The fourth-order valence-electron chi connectivity index (χ4n) is 2.40. The van der Waals surface area contributed by atoms with Gasteiger partial charge in [-0.05, 0) is 55.9 Å². The maximum Gasteiger partial charge on any atom is 0.283 e. The Morgan fingerprint density at radius 2 is 1.85 bits per heavy atom. The third kappa shape index (κ3) is 3.84. The van der Waals surface area contributed by atoms with E-state index in [0.29, 0.717) is 22.0 Å². The minimum atomic E-state index is 0.406. The summed E-state index contributed by atoms with van der Waals surface area (Å²) in [5.74, 6) is 1.03. The van der Waals surface area contributed by atoms with Gasteiger partial charge in [-0.15, -0.1) is 10.2 Å². The van der Waals surface area contributed by atoms with Crippen molar-refractivity contribution >= 4 is 23.4 Å². The summed E-state index contributed by atoms with van der Waals surface area (Å²) in [6, 6.07) is 11.1. The molecule has 0 fully saturated rings. The zero-order valence-electron chi connectivity index (χ0n) is 14.5. The molecule has 0 radical (unpaired) electrons. The SMILES string of the molecule is Cc1nc(-c2cccnc2)nc(Sc2nnc(-c3cccc(Cl)c3)o2)c1C. The van der Waals surface area contributed by atoms with E-state index >= 15 is 0 Å². The summed E-state index contributed by atoms with van der Waals surface area (Å²) < 4.78 is 5.78. The lowest BCUT2D eigenvalue weighted by Crippen LogP contribution is -1.98. The predicted molar refractivity (Wildman–Crippen MR) is 104 cm³/mol. The molecule has 0 atom stereocenters. The van der Waals surface area contributed by atoms with Crippen LogP contribution in [-0.4, -0.2) is 25.1 Å². The first kappa shape index (κ1) is 17.6. The van der Waals surface area contributed by atoms with E-state index in [0.717, 1.165) is 27.4 Å². The van der Waals surface area contributed by atoms with Gasteiger partial charge in [0.2, 0.25) is 5.89 Å². The molecule has 3 aromatic heterocycles. The topological polar surface area (TPSA) is 77.6 Å². The van der Waals surface area contributed by atoms with Gasteiger partial charge in [0.25, 0.3) is 5.22 Å². The Labute approximate surface area is 165 Å². The van der Waals surface area contributed by atoms with E-state index in [4.69, 9.17) is 16.0 Å². The van der Waals surface area contributed by atoms with Gasteiger partial charge in [0, 0.05) is 39.8 Å². The number of halogens is 1. The van der Waals surface area contributed by atoms with Crippen LogP contribution in [0.1, 0.15) is 11.3 Å². The van der Waals surface area contributed by atoms with Gasteiger partial charge >= 0.3 is 0 Å². The molecular formula is C19H14ClN5OS. The number of hydrogen-bond donors (Lipinski definition) is 0. The molecule has 0 amide bonds. The summed E-state index contributed by atoms with van der Waals surface area (Å²) in [7, 11) is 0. The molecule has 0 unspecified atom stereocenters. The van der Waals surface area contributed by atoms with Crippen LogP contribution < -0.4 is 0 Å². The lowest BCUT2D eigenvalue weighted by molar-refractivity contribution is 0.465. The van der Waals surface area contributed by atoms with Crippen molar-refractivity contribution in [1.82, 2.24) is 25.1 Å². The number of benzene rings is 1. The minimum absolute atomic E-state index is 0.406. The molecule has 1 aromatic carbocycles. The van der Waals surface area contributed by atoms with Crippen LogP contribution in [0.2, 0.25) is 5.02 Å². The van der Waals surface area contributed by atoms with E-state index < -0.39 is 0 Å². The van der Waals surface area contributed by atoms with Crippen molar-refractivity contribution in [2.45, 2.75) is 24.1 Å². The van der Waals surface area contributed by atoms with Crippen LogP contribution in [0, 0.1) is 13.8 Å². The van der Waals surface area contributed by atoms with Gasteiger partial charge in [-0.3, -0.25) is 4.98 Å². The molecule has 0 bridgehead atoms. The smallest absolute Gasteiger partial charge is 0.283 e. The van der Waals surface area contributed by atoms with Gasteiger partial charge in [0.1, 0.15) is 5.03 Å². The number of hydrogen-bond acceptors (Lipinski definition) is 7. The molecule has 4 aromatic rings. The van der Waals surface area contributed by atoms with E-state index in [-0.39, 0.29) is 0 Å². The molecule has 3 heterocycles. The zero-order chi connectivity index (χ0) is 18.8. The lowest BCUT2D eigenvalue weighted by atomic mass is 10.2. The maximum absolute atomic E-state index is 6.03. The van der Waals surface area contributed by atoms with Crippen molar-refractivity contribution in [2.24, 2.45) is 0 Å². The summed E-state index contributed by atoms with van der Waals surface area (Å²) in [6.07, 6.45) is 3.46. The van der Waals surface area contributed by atoms with Crippen LogP contribution in [0.4, 0.5) is 0 Å². The highest BCUT2D eigenvalue weighted by Gasteiger charge is 2.16. The molecule has 0 spiro atoms. The molecule has 6 nitrogen and oxygen atoms in total. The van der Waals surface area contributed by atoms with Gasteiger partial charge in [-0.1, -0.05) is 17.7 Å². The third-order valence-corrected chi connectivity index (χ3v) is 5.09. The summed E-state index contributed by atoms with van der Waals surface area (Å²) in [6.45, 7) is 3.92. The monoisotopic (exact) mass is 395 g/mol. The molecule has 0 aliphatic heterocycles. The Bertz CT molecular complexity index is 1100. The first-order valence-corrected chi connectivity index (χ1v) is 9.32. The van der Waals surface area contributed by atoms with E-state index in [1.807, 2.05) is 38.1 Å². The van der Waals surface area contributed by atoms with Crippen LogP contribution >= 0.6 is 23.4 Å². The number of aryl methyl sites for hydroxylation is 1. The average molecular weight is 396 g/mol. The fourth-order valence-corrected chi connectivity index (χ4v) is 3.39. The Hall–Kier alpha value is -2.77. The Morgan fingerprint density at radius 1 is 1.00 bits per heavy atom. The normalized spacial score (nSPS) is 10.9. The Morgan fingerprint density at radius 3 is 2.63 bits per heavy atom. The average Bonchev–Trinajstić information content (AvgIpc) is 3.14. The molecule has 0 aliphatic rings. The van der Waals surface area contributed by atoms with Crippen molar-refractivity contribution in [3.63, 3.8) is 0 Å². The quantitative estimate of drug-likeness (QED) is 0.449. The number of rotatable bonds is 4. The van der Waals surface area contributed by atoms with Crippen molar-refractivity contribution in [3.05, 3.63) is 65.1 Å². The van der Waals surface area contributed by atoms with E-state index in [1.165, 1.54) is 11.8 Å². The van der Waals surface area contributed by atoms with Crippen LogP contribution in [0.25, 0.3) is 22.8 Å². The molecule has 8 heteroatoms. The molecule has 0 N–H and O–H groups in total. The lowest BCUT2D eigenvalue weighted by Gasteiger charge is -2.08. The van der Waals surface area contributed by atoms with Gasteiger partial charge < -0.3 is 4.42 Å². The van der Waals surface area contributed by atoms with Gasteiger partial charge in [-0.25, -0.2) is 9.97 Å². The van der Waals surface area contributed by atoms with Crippen molar-refractivity contribution < 1.29 is 4.42 Å². The summed E-state index contributed by atoms with van der Waals surface area (Å²) in [4.78, 5) is 13.4. The zero-order valence-corrected chi connectivity index (χ0v) is 16.1. The first-order valence-electron chi connectivity index (χ1n) is 8.13. The number of aromatic nitrogens is 5. The molecule has 134 valence electrons. The molecule has 0 aliphatic carbocycles. The van der Waals surface area contributed by atoms with E-state index in [9.17, 15) is 0 Å². The molecule has 0 saturated carbocycles. The summed E-state index contributed by atoms with van der Waals surface area (Å²) in [5.41, 5.74) is 3.48. The highest BCUT2D eigenvalue weighted by Crippen LogP contribution is 2.32. The molecular weight excluding hydrogens is 382 g/mol. The number of nitrogens with zero attached hydrogens (tertiary/aromatic N) is 5. The largest absolute Gasteiger partial charge is 0.411 e. The highest BCUT2D eigenvalue weighted by molar-refractivity contribution is 7.99. The minimum Gasteiger partial charge on any atom is -0.411 e.